The molecule has 0 aliphatic heterocycles. The molecule has 0 radical (unpaired) electrons. The van der Waals surface area contributed by atoms with Crippen molar-refractivity contribution >= 4 is 12.4 Å². The van der Waals surface area contributed by atoms with Gasteiger partial charge >= 0.3 is 6.09 Å². The molecule has 0 saturated heterocycles. The Hall–Kier alpha value is -2.68. The summed E-state index contributed by atoms with van der Waals surface area (Å²) in [5.74, 6) is 6.48. The second-order valence-corrected chi connectivity index (χ2v) is 5.58. The molecule has 124 valence electrons. The molecule has 6 nitrogen and oxygen atoms in total. The normalized spacial score (nSPS) is 10.1. The van der Waals surface area contributed by atoms with Gasteiger partial charge in [0.05, 0.1) is 26.3 Å². The van der Waals surface area contributed by atoms with E-state index in [1.807, 2.05) is 0 Å². The molecule has 0 heterocycles. The fourth-order valence-electron chi connectivity index (χ4n) is 1.72. The maximum Gasteiger partial charge on any atom is 0.408 e. The Morgan fingerprint density at radius 1 is 1.26 bits per heavy atom. The summed E-state index contributed by atoms with van der Waals surface area (Å²) >= 11 is 0. The molecule has 23 heavy (non-hydrogen) atoms. The van der Waals surface area contributed by atoms with Gasteiger partial charge in [0.2, 0.25) is 0 Å². The van der Waals surface area contributed by atoms with Crippen LogP contribution in [0, 0.1) is 11.8 Å². The van der Waals surface area contributed by atoms with Crippen molar-refractivity contribution in [3.05, 3.63) is 23.3 Å². The summed E-state index contributed by atoms with van der Waals surface area (Å²) < 4.78 is 15.5. The highest BCUT2D eigenvalue weighted by atomic mass is 16.6. The predicted octanol–water partition coefficient (Wildman–Crippen LogP) is 2.39. The van der Waals surface area contributed by atoms with Crippen molar-refractivity contribution in [3.8, 4) is 23.3 Å². The fourth-order valence-corrected chi connectivity index (χ4v) is 1.72. The van der Waals surface area contributed by atoms with Crippen molar-refractivity contribution < 1.29 is 23.8 Å². The van der Waals surface area contributed by atoms with Gasteiger partial charge in [0.1, 0.15) is 11.9 Å². The van der Waals surface area contributed by atoms with Crippen molar-refractivity contribution in [1.82, 2.24) is 5.32 Å². The summed E-state index contributed by atoms with van der Waals surface area (Å²) in [6, 6.07) is 3.16. The van der Waals surface area contributed by atoms with Crippen LogP contribution < -0.4 is 14.8 Å². The van der Waals surface area contributed by atoms with Crippen LogP contribution in [0.2, 0.25) is 0 Å². The van der Waals surface area contributed by atoms with E-state index < -0.39 is 11.7 Å². The number of aldehydes is 1. The van der Waals surface area contributed by atoms with Gasteiger partial charge in [-0.1, -0.05) is 11.8 Å². The topological polar surface area (TPSA) is 73.9 Å². The van der Waals surface area contributed by atoms with Gasteiger partial charge in [-0.2, -0.15) is 0 Å². The molecule has 0 spiro atoms. The van der Waals surface area contributed by atoms with E-state index in [1.54, 1.807) is 32.9 Å². The van der Waals surface area contributed by atoms with Crippen LogP contribution >= 0.6 is 0 Å². The number of nitrogens with one attached hydrogen (secondary N) is 1. The average Bonchev–Trinajstić information content (AvgIpc) is 2.48. The highest BCUT2D eigenvalue weighted by molar-refractivity contribution is 5.78. The number of amides is 1. The SMILES string of the molecule is COc1cc(C=O)cc(C#CCNC(=O)OC(C)(C)C)c1OC. The van der Waals surface area contributed by atoms with Crippen LogP contribution in [-0.4, -0.2) is 38.7 Å². The lowest BCUT2D eigenvalue weighted by atomic mass is 10.1. The molecular formula is C17H21NO5. The van der Waals surface area contributed by atoms with Crippen LogP contribution in [0.25, 0.3) is 0 Å². The Bertz CT molecular complexity index is 635. The van der Waals surface area contributed by atoms with Gasteiger partial charge < -0.3 is 19.5 Å². The molecule has 1 N–H and O–H groups in total. The van der Waals surface area contributed by atoms with Gasteiger partial charge in [0.15, 0.2) is 11.5 Å². The van der Waals surface area contributed by atoms with Gasteiger partial charge in [0, 0.05) is 5.56 Å². The molecule has 0 atom stereocenters. The van der Waals surface area contributed by atoms with Crippen molar-refractivity contribution in [1.29, 1.82) is 0 Å². The van der Waals surface area contributed by atoms with Crippen LogP contribution in [0.4, 0.5) is 4.79 Å². The molecule has 6 heteroatoms. The zero-order valence-corrected chi connectivity index (χ0v) is 14.0. The van der Waals surface area contributed by atoms with Crippen molar-refractivity contribution in [2.24, 2.45) is 0 Å². The van der Waals surface area contributed by atoms with E-state index in [9.17, 15) is 9.59 Å². The van der Waals surface area contributed by atoms with Gasteiger partial charge in [-0.3, -0.25) is 4.79 Å². The first-order valence-electron chi connectivity index (χ1n) is 6.97. The third-order valence-electron chi connectivity index (χ3n) is 2.58. The third-order valence-corrected chi connectivity index (χ3v) is 2.58. The summed E-state index contributed by atoms with van der Waals surface area (Å²) in [6.07, 6.45) is 0.157. The number of carbonyl (C=O) groups is 2. The minimum absolute atomic E-state index is 0.103. The lowest BCUT2D eigenvalue weighted by Gasteiger charge is -2.19. The molecule has 0 fully saturated rings. The Morgan fingerprint density at radius 3 is 2.48 bits per heavy atom. The lowest BCUT2D eigenvalue weighted by molar-refractivity contribution is 0.0535. The minimum Gasteiger partial charge on any atom is -0.493 e. The maximum atomic E-state index is 11.5. The Balaban J connectivity index is 2.85. The first-order valence-corrected chi connectivity index (χ1v) is 6.97. The van der Waals surface area contributed by atoms with Crippen LogP contribution in [0.15, 0.2) is 12.1 Å². The summed E-state index contributed by atoms with van der Waals surface area (Å²) in [6.45, 7) is 5.44. The Kier molecular flexibility index (Phi) is 6.46. The second kappa shape index (κ2) is 8.08. The van der Waals surface area contributed by atoms with E-state index in [0.29, 0.717) is 28.9 Å². The molecule has 0 aliphatic rings. The molecule has 0 bridgehead atoms. The predicted molar refractivity (Wildman–Crippen MR) is 86.0 cm³/mol. The van der Waals surface area contributed by atoms with Crippen LogP contribution in [0.5, 0.6) is 11.5 Å². The van der Waals surface area contributed by atoms with E-state index in [1.165, 1.54) is 14.2 Å². The van der Waals surface area contributed by atoms with E-state index in [2.05, 4.69) is 17.2 Å². The molecule has 0 aliphatic carbocycles. The molecule has 0 unspecified atom stereocenters. The van der Waals surface area contributed by atoms with Gasteiger partial charge in [-0.25, -0.2) is 4.79 Å². The molecule has 0 aromatic heterocycles. The number of hydrogen-bond donors (Lipinski definition) is 1. The lowest BCUT2D eigenvalue weighted by Crippen LogP contribution is -2.32. The van der Waals surface area contributed by atoms with Crippen LogP contribution in [0.1, 0.15) is 36.7 Å². The smallest absolute Gasteiger partial charge is 0.408 e. The van der Waals surface area contributed by atoms with E-state index >= 15 is 0 Å². The first kappa shape index (κ1) is 18.4. The number of rotatable bonds is 4. The summed E-state index contributed by atoms with van der Waals surface area (Å²) in [7, 11) is 2.97. The highest BCUT2D eigenvalue weighted by Crippen LogP contribution is 2.31. The fraction of sp³-hybridized carbons (Fsp3) is 0.412. The number of benzene rings is 1. The highest BCUT2D eigenvalue weighted by Gasteiger charge is 2.15. The monoisotopic (exact) mass is 319 g/mol. The molecule has 1 aromatic carbocycles. The molecule has 1 amide bonds. The Labute approximate surface area is 136 Å². The zero-order valence-electron chi connectivity index (χ0n) is 14.0. The summed E-state index contributed by atoms with van der Waals surface area (Å²) in [5.41, 5.74) is 0.360. The number of ether oxygens (including phenoxy) is 3. The van der Waals surface area contributed by atoms with E-state index in [-0.39, 0.29) is 6.54 Å². The number of methoxy groups -OCH3 is 2. The quantitative estimate of drug-likeness (QED) is 0.681. The standard InChI is InChI=1S/C17H21NO5/c1-17(2,3)23-16(20)18-8-6-7-13-9-12(11-19)10-14(21-4)15(13)22-5/h9-11H,8H2,1-5H3,(H,18,20). The summed E-state index contributed by atoms with van der Waals surface area (Å²) in [4.78, 5) is 22.5. The van der Waals surface area contributed by atoms with Crippen molar-refractivity contribution in [2.45, 2.75) is 26.4 Å². The van der Waals surface area contributed by atoms with Crippen molar-refractivity contribution in [2.75, 3.05) is 20.8 Å². The van der Waals surface area contributed by atoms with Gasteiger partial charge in [0.25, 0.3) is 0 Å². The maximum absolute atomic E-state index is 11.5. The molecular weight excluding hydrogens is 298 g/mol. The Morgan fingerprint density at radius 2 is 1.96 bits per heavy atom. The number of hydrogen-bond acceptors (Lipinski definition) is 5. The number of carbonyl (C=O) groups excluding carboxylic acids is 2. The zero-order chi connectivity index (χ0) is 17.5. The average molecular weight is 319 g/mol. The largest absolute Gasteiger partial charge is 0.493 e. The first-order chi connectivity index (χ1) is 10.8. The second-order valence-electron chi connectivity index (χ2n) is 5.58. The molecule has 1 rings (SSSR count). The molecule has 1 aromatic rings. The van der Waals surface area contributed by atoms with E-state index in [0.717, 1.165) is 0 Å². The van der Waals surface area contributed by atoms with Crippen molar-refractivity contribution in [3.63, 3.8) is 0 Å². The van der Waals surface area contributed by atoms with E-state index in [4.69, 9.17) is 14.2 Å². The van der Waals surface area contributed by atoms with Gasteiger partial charge in [-0.15, -0.1) is 0 Å². The van der Waals surface area contributed by atoms with Crippen LogP contribution in [-0.2, 0) is 4.74 Å². The van der Waals surface area contributed by atoms with Crippen LogP contribution in [0.3, 0.4) is 0 Å². The number of alkyl carbamates (subject to hydrolysis) is 1. The minimum atomic E-state index is -0.563. The van der Waals surface area contributed by atoms with Gasteiger partial charge in [-0.05, 0) is 32.9 Å². The molecule has 0 saturated carbocycles. The summed E-state index contributed by atoms with van der Waals surface area (Å²) in [5, 5.41) is 2.53. The third kappa shape index (κ3) is 5.91.